The first-order valence-electron chi connectivity index (χ1n) is 8.67. The molecular formula is C18H20F3N3O4S. The molecule has 0 aliphatic rings. The van der Waals surface area contributed by atoms with Gasteiger partial charge in [-0.25, -0.2) is 8.42 Å². The van der Waals surface area contributed by atoms with E-state index in [2.05, 4.69) is 5.32 Å². The Hall–Kier alpha value is -2.66. The second-order valence-electron chi connectivity index (χ2n) is 6.01. The van der Waals surface area contributed by atoms with Gasteiger partial charge in [0.2, 0.25) is 15.9 Å². The van der Waals surface area contributed by atoms with E-state index in [1.807, 2.05) is 0 Å². The van der Waals surface area contributed by atoms with Crippen molar-refractivity contribution >= 4 is 21.6 Å². The molecule has 0 saturated carbocycles. The molecule has 0 saturated heterocycles. The number of anilines is 1. The summed E-state index contributed by atoms with van der Waals surface area (Å²) in [6.07, 6.45) is -3.74. The van der Waals surface area contributed by atoms with Crippen molar-refractivity contribution in [1.29, 1.82) is 0 Å². The number of amides is 1. The summed E-state index contributed by atoms with van der Waals surface area (Å²) in [4.78, 5) is 24.0. The third-order valence-electron chi connectivity index (χ3n) is 4.12. The molecule has 0 unspecified atom stereocenters. The minimum absolute atomic E-state index is 0.0493. The number of nitrogens with one attached hydrogen (secondary N) is 1. The van der Waals surface area contributed by atoms with Gasteiger partial charge in [0, 0.05) is 25.0 Å². The molecule has 0 spiro atoms. The van der Waals surface area contributed by atoms with Crippen LogP contribution in [-0.2, 0) is 27.5 Å². The molecule has 11 heteroatoms. The Labute approximate surface area is 165 Å². The van der Waals surface area contributed by atoms with Crippen LogP contribution in [0, 0.1) is 0 Å². The molecule has 7 nitrogen and oxygen atoms in total. The van der Waals surface area contributed by atoms with E-state index in [1.54, 1.807) is 13.8 Å². The molecule has 1 amide bonds. The average Bonchev–Trinajstić information content (AvgIpc) is 2.63. The monoisotopic (exact) mass is 431 g/mol. The molecule has 0 atom stereocenters. The van der Waals surface area contributed by atoms with Crippen molar-refractivity contribution < 1.29 is 26.4 Å². The lowest BCUT2D eigenvalue weighted by Crippen LogP contribution is -2.32. The number of hydrogen-bond acceptors (Lipinski definition) is 4. The number of pyridine rings is 1. The third kappa shape index (κ3) is 5.24. The quantitative estimate of drug-likeness (QED) is 0.730. The number of halogens is 3. The summed E-state index contributed by atoms with van der Waals surface area (Å²) in [5.74, 6) is -0.731. The number of carbonyl (C=O) groups excluding carboxylic acids is 1. The maximum Gasteiger partial charge on any atom is 0.421 e. The van der Waals surface area contributed by atoms with E-state index in [9.17, 15) is 31.2 Å². The maximum absolute atomic E-state index is 12.8. The fraction of sp³-hybridized carbons (Fsp3) is 0.333. The van der Waals surface area contributed by atoms with Crippen LogP contribution >= 0.6 is 0 Å². The van der Waals surface area contributed by atoms with Gasteiger partial charge >= 0.3 is 6.18 Å². The summed E-state index contributed by atoms with van der Waals surface area (Å²) in [6.45, 7) is 3.42. The summed E-state index contributed by atoms with van der Waals surface area (Å²) >= 11 is 0. The first kappa shape index (κ1) is 22.6. The number of sulfonamides is 1. The van der Waals surface area contributed by atoms with Gasteiger partial charge in [-0.2, -0.15) is 17.5 Å². The molecule has 2 rings (SSSR count). The minimum Gasteiger partial charge on any atom is -0.325 e. The van der Waals surface area contributed by atoms with Crippen LogP contribution in [-0.4, -0.2) is 36.3 Å². The molecule has 1 N–H and O–H groups in total. The van der Waals surface area contributed by atoms with Gasteiger partial charge in [0.25, 0.3) is 5.56 Å². The molecule has 1 aromatic carbocycles. The van der Waals surface area contributed by atoms with Crippen LogP contribution in [0.2, 0.25) is 0 Å². The lowest BCUT2D eigenvalue weighted by atomic mass is 10.2. The van der Waals surface area contributed by atoms with Gasteiger partial charge in [-0.15, -0.1) is 0 Å². The Morgan fingerprint density at radius 1 is 1.10 bits per heavy atom. The fourth-order valence-corrected chi connectivity index (χ4v) is 4.11. The summed E-state index contributed by atoms with van der Waals surface area (Å²) < 4.78 is 65.2. The largest absolute Gasteiger partial charge is 0.421 e. The molecule has 0 fully saturated rings. The van der Waals surface area contributed by atoms with Gasteiger partial charge in [-0.1, -0.05) is 13.8 Å². The van der Waals surface area contributed by atoms with Crippen molar-refractivity contribution in [3.8, 4) is 0 Å². The smallest absolute Gasteiger partial charge is 0.325 e. The Bertz CT molecular complexity index is 1030. The number of aromatic nitrogens is 1. The van der Waals surface area contributed by atoms with Crippen molar-refractivity contribution in [1.82, 2.24) is 8.87 Å². The molecule has 2 aromatic rings. The topological polar surface area (TPSA) is 88.5 Å². The molecular weight excluding hydrogens is 411 g/mol. The normalized spacial score (nSPS) is 12.2. The first-order chi connectivity index (χ1) is 13.5. The fourth-order valence-electron chi connectivity index (χ4n) is 2.66. The van der Waals surface area contributed by atoms with Crippen LogP contribution in [0.3, 0.4) is 0 Å². The summed E-state index contributed by atoms with van der Waals surface area (Å²) in [5.41, 5.74) is -2.44. The van der Waals surface area contributed by atoms with Crippen molar-refractivity contribution in [2.24, 2.45) is 0 Å². The van der Waals surface area contributed by atoms with Gasteiger partial charge in [-0.3, -0.25) is 9.59 Å². The Balaban J connectivity index is 2.14. The Morgan fingerprint density at radius 2 is 1.69 bits per heavy atom. The van der Waals surface area contributed by atoms with Crippen LogP contribution in [0.1, 0.15) is 19.4 Å². The SMILES string of the molecule is CCN(CC)S(=O)(=O)c1ccc(NC(=O)Cn2cccc(C(F)(F)F)c2=O)cc1. The van der Waals surface area contributed by atoms with Crippen molar-refractivity contribution in [2.75, 3.05) is 18.4 Å². The summed E-state index contributed by atoms with van der Waals surface area (Å²) in [5, 5.41) is 2.42. The van der Waals surface area contributed by atoms with Crippen molar-refractivity contribution in [2.45, 2.75) is 31.5 Å². The number of rotatable bonds is 7. The summed E-state index contributed by atoms with van der Waals surface area (Å²) in [7, 11) is -3.65. The maximum atomic E-state index is 12.8. The van der Waals surface area contributed by atoms with E-state index in [4.69, 9.17) is 0 Å². The molecule has 1 heterocycles. The molecule has 1 aromatic heterocycles. The van der Waals surface area contributed by atoms with E-state index in [1.165, 1.54) is 28.6 Å². The van der Waals surface area contributed by atoms with Gasteiger partial charge in [0.05, 0.1) is 4.90 Å². The number of alkyl halides is 3. The van der Waals surface area contributed by atoms with Crippen LogP contribution in [0.4, 0.5) is 18.9 Å². The highest BCUT2D eigenvalue weighted by Gasteiger charge is 2.34. The van der Waals surface area contributed by atoms with Crippen LogP contribution in [0.15, 0.2) is 52.3 Å². The number of hydrogen-bond donors (Lipinski definition) is 1. The highest BCUT2D eigenvalue weighted by atomic mass is 32.2. The average molecular weight is 431 g/mol. The Kier molecular flexibility index (Phi) is 6.85. The van der Waals surface area contributed by atoms with E-state index in [0.717, 1.165) is 12.3 Å². The van der Waals surface area contributed by atoms with Crippen LogP contribution in [0.25, 0.3) is 0 Å². The standard InChI is InChI=1S/C18H20F3N3O4S/c1-3-24(4-2)29(27,28)14-9-7-13(8-10-14)22-16(25)12-23-11-5-6-15(17(23)26)18(19,20)21/h5-11H,3-4,12H2,1-2H3,(H,22,25). The second-order valence-corrected chi connectivity index (χ2v) is 7.95. The van der Waals surface area contributed by atoms with Crippen molar-refractivity contribution in [3.63, 3.8) is 0 Å². The second kappa shape index (κ2) is 8.78. The van der Waals surface area contributed by atoms with E-state index >= 15 is 0 Å². The molecule has 0 bridgehead atoms. The van der Waals surface area contributed by atoms with Crippen LogP contribution in [0.5, 0.6) is 0 Å². The first-order valence-corrected chi connectivity index (χ1v) is 10.1. The molecule has 0 aliphatic carbocycles. The zero-order chi connectivity index (χ0) is 21.8. The van der Waals surface area contributed by atoms with Crippen LogP contribution < -0.4 is 10.9 Å². The lowest BCUT2D eigenvalue weighted by Gasteiger charge is -2.18. The zero-order valence-electron chi connectivity index (χ0n) is 15.7. The molecule has 0 aliphatic heterocycles. The van der Waals surface area contributed by atoms with Crippen molar-refractivity contribution in [3.05, 3.63) is 58.5 Å². The van der Waals surface area contributed by atoms with E-state index < -0.39 is 39.8 Å². The highest BCUT2D eigenvalue weighted by Crippen LogP contribution is 2.26. The minimum atomic E-state index is -4.82. The number of nitrogens with zero attached hydrogens (tertiary/aromatic N) is 2. The van der Waals surface area contributed by atoms with Gasteiger partial charge in [-0.05, 0) is 36.4 Å². The predicted molar refractivity (Wildman–Crippen MR) is 101 cm³/mol. The number of benzene rings is 1. The van der Waals surface area contributed by atoms with E-state index in [0.29, 0.717) is 23.7 Å². The zero-order valence-corrected chi connectivity index (χ0v) is 16.5. The van der Waals surface area contributed by atoms with Gasteiger partial charge in [0.15, 0.2) is 0 Å². The summed E-state index contributed by atoms with van der Waals surface area (Å²) in [6, 6.07) is 7.04. The number of carbonyl (C=O) groups is 1. The molecule has 29 heavy (non-hydrogen) atoms. The third-order valence-corrected chi connectivity index (χ3v) is 6.18. The molecule has 158 valence electrons. The molecule has 0 radical (unpaired) electrons. The lowest BCUT2D eigenvalue weighted by molar-refractivity contribution is -0.139. The van der Waals surface area contributed by atoms with Gasteiger partial charge < -0.3 is 9.88 Å². The predicted octanol–water partition coefficient (Wildman–Crippen LogP) is 2.54. The Morgan fingerprint density at radius 3 is 2.21 bits per heavy atom. The highest BCUT2D eigenvalue weighted by molar-refractivity contribution is 7.89. The van der Waals surface area contributed by atoms with Gasteiger partial charge in [0.1, 0.15) is 12.1 Å². The van der Waals surface area contributed by atoms with E-state index in [-0.39, 0.29) is 10.6 Å².